The number of carbonyl (C=O) groups is 1. The number of carboxylic acid groups (broad SMARTS) is 1. The quantitative estimate of drug-likeness (QED) is 0.617. The Labute approximate surface area is 143 Å². The van der Waals surface area contributed by atoms with Crippen LogP contribution in [0.3, 0.4) is 0 Å². The van der Waals surface area contributed by atoms with E-state index in [1.165, 1.54) is 70.6 Å². The Morgan fingerprint density at radius 2 is 1.35 bits per heavy atom. The van der Waals surface area contributed by atoms with Gasteiger partial charge in [-0.3, -0.25) is 4.79 Å². The van der Waals surface area contributed by atoms with Crippen LogP contribution in [0.15, 0.2) is 0 Å². The lowest BCUT2D eigenvalue weighted by Crippen LogP contribution is -2.42. The molecule has 0 heterocycles. The highest BCUT2D eigenvalue weighted by Gasteiger charge is 2.25. The summed E-state index contributed by atoms with van der Waals surface area (Å²) < 4.78 is 0. The second-order valence-corrected chi connectivity index (χ2v) is 7.45. The van der Waals surface area contributed by atoms with Gasteiger partial charge in [0.25, 0.3) is 0 Å². The second kappa shape index (κ2) is 12.8. The molecule has 2 rings (SSSR count). The molecule has 0 aromatic carbocycles. The Morgan fingerprint density at radius 3 is 1.74 bits per heavy atom. The predicted octanol–water partition coefficient (Wildman–Crippen LogP) is 5.63. The Hall–Kier alpha value is -0.570. The number of aliphatic carboxylic acids is 1. The molecule has 0 aromatic heterocycles. The molecule has 0 atom stereocenters. The fourth-order valence-corrected chi connectivity index (χ4v) is 3.98. The molecule has 0 amide bonds. The van der Waals surface area contributed by atoms with Crippen molar-refractivity contribution in [1.29, 1.82) is 0 Å². The van der Waals surface area contributed by atoms with E-state index in [0.29, 0.717) is 6.42 Å². The summed E-state index contributed by atoms with van der Waals surface area (Å²) in [6, 6.07) is 1.85. The average Bonchev–Trinajstić information content (AvgIpc) is 2.60. The van der Waals surface area contributed by atoms with Crippen molar-refractivity contribution in [2.24, 2.45) is 0 Å². The van der Waals surface area contributed by atoms with Crippen molar-refractivity contribution in [3.63, 3.8) is 0 Å². The molecule has 2 aliphatic rings. The van der Waals surface area contributed by atoms with Gasteiger partial charge in [0, 0.05) is 18.5 Å². The van der Waals surface area contributed by atoms with Gasteiger partial charge in [0.15, 0.2) is 0 Å². The van der Waals surface area contributed by atoms with E-state index < -0.39 is 5.97 Å². The third-order valence-electron chi connectivity index (χ3n) is 5.55. The van der Waals surface area contributed by atoms with Crippen molar-refractivity contribution in [1.82, 2.24) is 4.90 Å². The summed E-state index contributed by atoms with van der Waals surface area (Å²) in [5.41, 5.74) is 0. The van der Waals surface area contributed by atoms with Crippen molar-refractivity contribution >= 4 is 5.97 Å². The van der Waals surface area contributed by atoms with Crippen LogP contribution in [0.4, 0.5) is 0 Å². The van der Waals surface area contributed by atoms with E-state index in [-0.39, 0.29) is 0 Å². The summed E-state index contributed by atoms with van der Waals surface area (Å²) in [7, 11) is 2.38. The number of rotatable bonds is 7. The summed E-state index contributed by atoms with van der Waals surface area (Å²) in [5, 5.41) is 8.21. The summed E-state index contributed by atoms with van der Waals surface area (Å²) in [6.45, 7) is 2.11. The molecular formula is C20H39NO2. The van der Waals surface area contributed by atoms with Crippen molar-refractivity contribution < 1.29 is 9.90 Å². The Morgan fingerprint density at radius 1 is 0.870 bits per heavy atom. The van der Waals surface area contributed by atoms with E-state index in [4.69, 9.17) is 5.11 Å². The van der Waals surface area contributed by atoms with Gasteiger partial charge in [-0.25, -0.2) is 0 Å². The van der Waals surface area contributed by atoms with Gasteiger partial charge in [0.05, 0.1) is 0 Å². The molecular weight excluding hydrogens is 286 g/mol. The first-order chi connectivity index (χ1) is 11.1. The second-order valence-electron chi connectivity index (χ2n) is 7.45. The van der Waals surface area contributed by atoms with E-state index >= 15 is 0 Å². The van der Waals surface area contributed by atoms with Crippen molar-refractivity contribution in [3.05, 3.63) is 0 Å². The van der Waals surface area contributed by atoms with E-state index in [0.717, 1.165) is 31.3 Å². The van der Waals surface area contributed by atoms with Gasteiger partial charge in [-0.05, 0) is 39.2 Å². The molecule has 2 fully saturated rings. The number of nitrogens with zero attached hydrogens (tertiary/aromatic N) is 1. The van der Waals surface area contributed by atoms with Gasteiger partial charge in [0.1, 0.15) is 0 Å². The van der Waals surface area contributed by atoms with Crippen LogP contribution in [0.1, 0.15) is 103 Å². The molecule has 1 N–H and O–H groups in total. The SMILES string of the molecule is CCCCCCC(=O)O.CN(C1CCCCC1)C1CCCCC1. The molecule has 0 bridgehead atoms. The number of hydrogen-bond acceptors (Lipinski definition) is 2. The van der Waals surface area contributed by atoms with Gasteiger partial charge in [-0.1, -0.05) is 64.7 Å². The van der Waals surface area contributed by atoms with Crippen LogP contribution in [0, 0.1) is 0 Å². The summed E-state index contributed by atoms with van der Waals surface area (Å²) in [5.74, 6) is -0.675. The third-order valence-corrected chi connectivity index (χ3v) is 5.55. The maximum Gasteiger partial charge on any atom is 0.303 e. The molecule has 23 heavy (non-hydrogen) atoms. The molecule has 2 saturated carbocycles. The number of carboxylic acids is 1. The zero-order valence-corrected chi connectivity index (χ0v) is 15.6. The van der Waals surface area contributed by atoms with Crippen LogP contribution >= 0.6 is 0 Å². The zero-order chi connectivity index (χ0) is 16.9. The fraction of sp³-hybridized carbons (Fsp3) is 0.950. The number of unbranched alkanes of at least 4 members (excludes halogenated alkanes) is 3. The fourth-order valence-electron chi connectivity index (χ4n) is 3.98. The highest BCUT2D eigenvalue weighted by atomic mass is 16.4. The largest absolute Gasteiger partial charge is 0.481 e. The Kier molecular flexibility index (Phi) is 11.4. The van der Waals surface area contributed by atoms with Crippen LogP contribution in [0.5, 0.6) is 0 Å². The minimum absolute atomic E-state index is 0.333. The minimum atomic E-state index is -0.675. The van der Waals surface area contributed by atoms with Crippen molar-refractivity contribution in [3.8, 4) is 0 Å². The lowest BCUT2D eigenvalue weighted by molar-refractivity contribution is -0.137. The lowest BCUT2D eigenvalue weighted by atomic mass is 9.89. The van der Waals surface area contributed by atoms with Crippen LogP contribution < -0.4 is 0 Å². The highest BCUT2D eigenvalue weighted by Crippen LogP contribution is 2.28. The van der Waals surface area contributed by atoms with E-state index in [9.17, 15) is 4.79 Å². The van der Waals surface area contributed by atoms with Gasteiger partial charge < -0.3 is 10.0 Å². The zero-order valence-electron chi connectivity index (χ0n) is 15.6. The Bertz CT molecular complexity index is 276. The Balaban J connectivity index is 0.000000257. The van der Waals surface area contributed by atoms with Gasteiger partial charge in [-0.2, -0.15) is 0 Å². The lowest BCUT2D eigenvalue weighted by Gasteiger charge is -2.39. The first-order valence-corrected chi connectivity index (χ1v) is 10.1. The van der Waals surface area contributed by atoms with Gasteiger partial charge >= 0.3 is 5.97 Å². The van der Waals surface area contributed by atoms with Crippen LogP contribution in [-0.2, 0) is 4.79 Å². The smallest absolute Gasteiger partial charge is 0.303 e. The van der Waals surface area contributed by atoms with E-state index in [2.05, 4.69) is 18.9 Å². The highest BCUT2D eigenvalue weighted by molar-refractivity contribution is 5.66. The van der Waals surface area contributed by atoms with Crippen molar-refractivity contribution in [2.75, 3.05) is 7.05 Å². The molecule has 0 aliphatic heterocycles. The maximum absolute atomic E-state index is 9.96. The standard InChI is InChI=1S/C13H25N.C7H14O2/c1-14(12-8-4-2-5-9-12)13-10-6-3-7-11-13;1-2-3-4-5-6-7(8)9/h12-13H,2-11H2,1H3;2-6H2,1H3,(H,8,9). The molecule has 0 radical (unpaired) electrons. The van der Waals surface area contributed by atoms with Crippen LogP contribution in [0.2, 0.25) is 0 Å². The van der Waals surface area contributed by atoms with Crippen LogP contribution in [0.25, 0.3) is 0 Å². The normalized spacial score (nSPS) is 20.1. The predicted molar refractivity (Wildman–Crippen MR) is 97.9 cm³/mol. The van der Waals surface area contributed by atoms with Gasteiger partial charge in [-0.15, -0.1) is 0 Å². The topological polar surface area (TPSA) is 40.5 Å². The number of hydrogen-bond donors (Lipinski definition) is 1. The monoisotopic (exact) mass is 325 g/mol. The first kappa shape index (κ1) is 20.5. The van der Waals surface area contributed by atoms with Crippen molar-refractivity contribution in [2.45, 2.75) is 115 Å². The molecule has 3 nitrogen and oxygen atoms in total. The molecule has 2 aliphatic carbocycles. The molecule has 0 unspecified atom stereocenters. The van der Waals surface area contributed by atoms with Gasteiger partial charge in [0.2, 0.25) is 0 Å². The third kappa shape index (κ3) is 9.34. The maximum atomic E-state index is 9.96. The molecule has 0 spiro atoms. The van der Waals surface area contributed by atoms with E-state index in [1.54, 1.807) is 0 Å². The summed E-state index contributed by atoms with van der Waals surface area (Å²) >= 11 is 0. The average molecular weight is 326 g/mol. The summed E-state index contributed by atoms with van der Waals surface area (Å²) in [6.07, 6.45) is 19.3. The summed E-state index contributed by atoms with van der Waals surface area (Å²) in [4.78, 5) is 12.7. The molecule has 136 valence electrons. The molecule has 0 saturated heterocycles. The first-order valence-electron chi connectivity index (χ1n) is 10.1. The van der Waals surface area contributed by atoms with E-state index in [1.807, 2.05) is 0 Å². The minimum Gasteiger partial charge on any atom is -0.481 e. The molecule has 3 heteroatoms. The molecule has 0 aromatic rings. The van der Waals surface area contributed by atoms with Crippen LogP contribution in [-0.4, -0.2) is 35.1 Å².